The van der Waals surface area contributed by atoms with Gasteiger partial charge in [0.1, 0.15) is 0 Å². The minimum atomic E-state index is -3.67. The van der Waals surface area contributed by atoms with Crippen molar-refractivity contribution in [1.82, 2.24) is 9.78 Å². The highest BCUT2D eigenvalue weighted by atomic mass is 35.5. The molecular weight excluding hydrogens is 336 g/mol. The Labute approximate surface area is 139 Å². The smallest absolute Gasteiger partial charge is 0.232 e. The molecule has 0 fully saturated rings. The molecule has 3 rings (SSSR count). The van der Waals surface area contributed by atoms with Gasteiger partial charge in [0.15, 0.2) is 0 Å². The number of hydrogen-bond donors (Lipinski definition) is 2. The van der Waals surface area contributed by atoms with Crippen LogP contribution in [0.3, 0.4) is 0 Å². The second-order valence-corrected chi connectivity index (χ2v) is 6.13. The number of nitrogens with two attached hydrogens (primary N) is 2. The summed E-state index contributed by atoms with van der Waals surface area (Å²) in [5, 5.41) is 13.2. The monoisotopic (exact) mass is 350 g/mol. The number of para-hydroxylation sites is 1. The third-order valence-corrected chi connectivity index (χ3v) is 3.05. The van der Waals surface area contributed by atoms with Crippen LogP contribution in [0.25, 0.3) is 16.9 Å². The molecular formula is C15H15ClN4O2S. The number of hydrogen-bond acceptors (Lipinski definition) is 3. The van der Waals surface area contributed by atoms with Crippen LogP contribution < -0.4 is 10.3 Å². The van der Waals surface area contributed by atoms with E-state index in [2.05, 4.69) is 15.4 Å². The van der Waals surface area contributed by atoms with Gasteiger partial charge in [0.2, 0.25) is 0 Å². The molecule has 0 bridgehead atoms. The number of benzene rings is 2. The summed E-state index contributed by atoms with van der Waals surface area (Å²) >= 11 is 6.25. The van der Waals surface area contributed by atoms with Gasteiger partial charge in [0.05, 0.1) is 22.6 Å². The number of rotatable bonds is 2. The standard InChI is InChI=1S/C15H11ClN2.H4N2O2S/c16-14-11-17-18(13-9-5-2-6-10-13)15(14)12-7-3-1-4-8-12;1-5(2,3)4/h1-11H;(H4,1,2,3,4). The van der Waals surface area contributed by atoms with Crippen molar-refractivity contribution < 1.29 is 8.42 Å². The van der Waals surface area contributed by atoms with E-state index in [1.54, 1.807) is 6.20 Å². The van der Waals surface area contributed by atoms with Gasteiger partial charge >= 0.3 is 0 Å². The van der Waals surface area contributed by atoms with E-state index in [0.717, 1.165) is 16.9 Å². The quantitative estimate of drug-likeness (QED) is 0.741. The van der Waals surface area contributed by atoms with Crippen LogP contribution in [0.2, 0.25) is 5.02 Å². The van der Waals surface area contributed by atoms with E-state index in [4.69, 9.17) is 11.6 Å². The molecule has 1 aromatic heterocycles. The third kappa shape index (κ3) is 5.19. The van der Waals surface area contributed by atoms with Gasteiger partial charge in [-0.2, -0.15) is 13.5 Å². The van der Waals surface area contributed by atoms with Crippen LogP contribution in [0.15, 0.2) is 66.9 Å². The lowest BCUT2D eigenvalue weighted by atomic mass is 10.1. The fourth-order valence-corrected chi connectivity index (χ4v) is 2.18. The summed E-state index contributed by atoms with van der Waals surface area (Å²) in [4.78, 5) is 0. The Morgan fingerprint density at radius 2 is 1.39 bits per heavy atom. The lowest BCUT2D eigenvalue weighted by Gasteiger charge is -2.07. The number of aromatic nitrogens is 2. The Hall–Kier alpha value is -2.19. The van der Waals surface area contributed by atoms with Gasteiger partial charge in [-0.3, -0.25) is 0 Å². The number of nitrogens with zero attached hydrogens (tertiary/aromatic N) is 2. The fourth-order valence-electron chi connectivity index (χ4n) is 1.95. The van der Waals surface area contributed by atoms with Gasteiger partial charge in [-0.25, -0.2) is 15.0 Å². The van der Waals surface area contributed by atoms with Gasteiger partial charge in [-0.1, -0.05) is 60.1 Å². The van der Waals surface area contributed by atoms with E-state index >= 15 is 0 Å². The average molecular weight is 351 g/mol. The molecule has 0 amide bonds. The first-order valence-electron chi connectivity index (χ1n) is 6.51. The lowest BCUT2D eigenvalue weighted by molar-refractivity contribution is 0.599. The van der Waals surface area contributed by atoms with Crippen molar-refractivity contribution in [3.8, 4) is 16.9 Å². The number of halogens is 1. The van der Waals surface area contributed by atoms with E-state index in [-0.39, 0.29) is 0 Å². The summed E-state index contributed by atoms with van der Waals surface area (Å²) in [6.07, 6.45) is 1.68. The van der Waals surface area contributed by atoms with E-state index in [1.807, 2.05) is 65.3 Å². The summed E-state index contributed by atoms with van der Waals surface area (Å²) in [7, 11) is -3.67. The molecule has 0 unspecified atom stereocenters. The molecule has 0 aliphatic heterocycles. The van der Waals surface area contributed by atoms with E-state index < -0.39 is 10.2 Å². The van der Waals surface area contributed by atoms with Crippen molar-refractivity contribution in [3.63, 3.8) is 0 Å². The molecule has 0 spiro atoms. The molecule has 120 valence electrons. The van der Waals surface area contributed by atoms with E-state index in [0.29, 0.717) is 5.02 Å². The van der Waals surface area contributed by atoms with Crippen molar-refractivity contribution in [2.24, 2.45) is 10.3 Å². The van der Waals surface area contributed by atoms with Crippen LogP contribution in [0.5, 0.6) is 0 Å². The van der Waals surface area contributed by atoms with Crippen LogP contribution >= 0.6 is 11.6 Å². The third-order valence-electron chi connectivity index (χ3n) is 2.77. The van der Waals surface area contributed by atoms with Crippen LogP contribution in [0.4, 0.5) is 0 Å². The molecule has 2 aromatic carbocycles. The van der Waals surface area contributed by atoms with Crippen LogP contribution in [-0.2, 0) is 10.2 Å². The van der Waals surface area contributed by atoms with Gasteiger partial charge in [0, 0.05) is 5.56 Å². The fraction of sp³-hybridized carbons (Fsp3) is 0. The maximum atomic E-state index is 9.19. The van der Waals surface area contributed by atoms with Gasteiger partial charge < -0.3 is 0 Å². The van der Waals surface area contributed by atoms with Gasteiger partial charge in [0.25, 0.3) is 10.2 Å². The molecule has 3 aromatic rings. The van der Waals surface area contributed by atoms with Crippen LogP contribution in [-0.4, -0.2) is 18.2 Å². The maximum absolute atomic E-state index is 9.19. The molecule has 8 heteroatoms. The van der Waals surface area contributed by atoms with Crippen LogP contribution in [0.1, 0.15) is 0 Å². The lowest BCUT2D eigenvalue weighted by Crippen LogP contribution is -2.21. The van der Waals surface area contributed by atoms with E-state index in [9.17, 15) is 8.42 Å². The molecule has 0 atom stereocenters. The Kier molecular flexibility index (Phi) is 5.51. The second kappa shape index (κ2) is 7.38. The normalized spacial score (nSPS) is 10.7. The SMILES string of the molecule is Clc1cnn(-c2ccccc2)c1-c1ccccc1.NS(N)(=O)=O. The van der Waals surface area contributed by atoms with Crippen molar-refractivity contribution in [3.05, 3.63) is 71.9 Å². The largest absolute Gasteiger partial charge is 0.271 e. The molecule has 1 heterocycles. The zero-order valence-electron chi connectivity index (χ0n) is 12.0. The summed E-state index contributed by atoms with van der Waals surface area (Å²) in [5.74, 6) is 0. The molecule has 0 saturated heterocycles. The first kappa shape index (κ1) is 17.2. The van der Waals surface area contributed by atoms with Crippen LogP contribution in [0, 0.1) is 0 Å². The molecule has 0 radical (unpaired) electrons. The topological polar surface area (TPSA) is 104 Å². The Morgan fingerprint density at radius 1 is 0.913 bits per heavy atom. The Bertz CT molecular complexity index is 857. The Morgan fingerprint density at radius 3 is 1.91 bits per heavy atom. The zero-order chi connectivity index (χ0) is 16.9. The molecule has 0 aliphatic rings. The van der Waals surface area contributed by atoms with Crippen molar-refractivity contribution in [2.75, 3.05) is 0 Å². The first-order valence-corrected chi connectivity index (χ1v) is 8.50. The average Bonchev–Trinajstić information content (AvgIpc) is 2.89. The second-order valence-electron chi connectivity index (χ2n) is 4.54. The summed E-state index contributed by atoms with van der Waals surface area (Å²) in [6, 6.07) is 20.0. The maximum Gasteiger partial charge on any atom is 0.271 e. The van der Waals surface area contributed by atoms with Gasteiger partial charge in [-0.05, 0) is 12.1 Å². The predicted octanol–water partition coefficient (Wildman–Crippen LogP) is 2.34. The first-order chi connectivity index (χ1) is 10.9. The highest BCUT2D eigenvalue weighted by Gasteiger charge is 2.12. The summed E-state index contributed by atoms with van der Waals surface area (Å²) in [5.41, 5.74) is 2.98. The highest BCUT2D eigenvalue weighted by Crippen LogP contribution is 2.29. The van der Waals surface area contributed by atoms with Crippen molar-refractivity contribution in [1.29, 1.82) is 0 Å². The molecule has 0 aliphatic carbocycles. The van der Waals surface area contributed by atoms with Crippen molar-refractivity contribution >= 4 is 21.8 Å². The minimum Gasteiger partial charge on any atom is -0.232 e. The molecule has 6 nitrogen and oxygen atoms in total. The van der Waals surface area contributed by atoms with Crippen molar-refractivity contribution in [2.45, 2.75) is 0 Å². The zero-order valence-corrected chi connectivity index (χ0v) is 13.6. The van der Waals surface area contributed by atoms with E-state index in [1.165, 1.54) is 0 Å². The summed E-state index contributed by atoms with van der Waals surface area (Å²) in [6.45, 7) is 0. The Balaban J connectivity index is 0.000000338. The van der Waals surface area contributed by atoms with Gasteiger partial charge in [-0.15, -0.1) is 0 Å². The molecule has 4 N–H and O–H groups in total. The molecule has 0 saturated carbocycles. The molecule has 23 heavy (non-hydrogen) atoms. The summed E-state index contributed by atoms with van der Waals surface area (Å²) < 4.78 is 20.2. The minimum absolute atomic E-state index is 0.657. The highest BCUT2D eigenvalue weighted by molar-refractivity contribution is 7.86. The predicted molar refractivity (Wildman–Crippen MR) is 91.3 cm³/mol.